The molecule has 3 heteroatoms. The number of hydrogen-bond acceptors (Lipinski definition) is 1. The van der Waals surface area contributed by atoms with Crippen LogP contribution in [0.5, 0.6) is 0 Å². The second-order valence-corrected chi connectivity index (χ2v) is 6.72. The molecule has 2 unspecified atom stereocenters. The van der Waals surface area contributed by atoms with Crippen molar-refractivity contribution in [1.29, 1.82) is 0 Å². The maximum Gasteiger partial charge on any atom is 0.130 e. The van der Waals surface area contributed by atoms with Gasteiger partial charge in [0.05, 0.1) is 0 Å². The predicted octanol–water partition coefficient (Wildman–Crippen LogP) is 4.36. The number of benzene rings is 1. The van der Waals surface area contributed by atoms with Gasteiger partial charge in [-0.05, 0) is 36.3 Å². The molecule has 1 saturated carbocycles. The molecular formula is C16H23F2N. The molecule has 0 bridgehead atoms. The van der Waals surface area contributed by atoms with Gasteiger partial charge in [-0.3, -0.25) is 0 Å². The van der Waals surface area contributed by atoms with Crippen LogP contribution in [0.25, 0.3) is 0 Å². The summed E-state index contributed by atoms with van der Waals surface area (Å²) < 4.78 is 27.5. The zero-order valence-electron chi connectivity index (χ0n) is 12.3. The Kier molecular flexibility index (Phi) is 3.69. The van der Waals surface area contributed by atoms with Crippen molar-refractivity contribution < 1.29 is 8.78 Å². The fourth-order valence-corrected chi connectivity index (χ4v) is 2.78. The quantitative estimate of drug-likeness (QED) is 0.854. The first-order chi connectivity index (χ1) is 8.72. The van der Waals surface area contributed by atoms with E-state index in [1.165, 1.54) is 0 Å². The zero-order chi connectivity index (χ0) is 14.4. The lowest BCUT2D eigenvalue weighted by molar-refractivity contribution is 0.375. The Labute approximate surface area is 114 Å². The zero-order valence-corrected chi connectivity index (χ0v) is 12.3. The van der Waals surface area contributed by atoms with Gasteiger partial charge in [0.2, 0.25) is 0 Å². The Bertz CT molecular complexity index is 480. The Hall–Kier alpha value is -0.960. The van der Waals surface area contributed by atoms with Gasteiger partial charge in [-0.25, -0.2) is 8.78 Å². The summed E-state index contributed by atoms with van der Waals surface area (Å²) in [5.74, 6) is -0.502. The third-order valence-corrected chi connectivity index (χ3v) is 4.12. The minimum Gasteiger partial charge on any atom is -0.307 e. The van der Waals surface area contributed by atoms with Gasteiger partial charge in [-0.1, -0.05) is 27.7 Å². The van der Waals surface area contributed by atoms with Gasteiger partial charge in [-0.2, -0.15) is 0 Å². The SMILES string of the molecule is Cc1cc(C(NC(C)C)C2CC2(C)C)c(F)cc1F. The summed E-state index contributed by atoms with van der Waals surface area (Å²) in [7, 11) is 0. The molecule has 106 valence electrons. The Morgan fingerprint density at radius 3 is 2.26 bits per heavy atom. The Balaban J connectivity index is 2.36. The van der Waals surface area contributed by atoms with Crippen LogP contribution < -0.4 is 5.32 Å². The number of nitrogens with one attached hydrogen (secondary N) is 1. The van der Waals surface area contributed by atoms with Crippen LogP contribution in [0.2, 0.25) is 0 Å². The number of aryl methyl sites for hydroxylation is 1. The molecule has 1 aliphatic carbocycles. The van der Waals surface area contributed by atoms with E-state index in [1.54, 1.807) is 13.0 Å². The van der Waals surface area contributed by atoms with E-state index < -0.39 is 11.6 Å². The largest absolute Gasteiger partial charge is 0.307 e. The molecule has 1 aliphatic rings. The average molecular weight is 267 g/mol. The summed E-state index contributed by atoms with van der Waals surface area (Å²) in [4.78, 5) is 0. The fourth-order valence-electron chi connectivity index (χ4n) is 2.78. The van der Waals surface area contributed by atoms with Crippen LogP contribution >= 0.6 is 0 Å². The Morgan fingerprint density at radius 1 is 1.21 bits per heavy atom. The van der Waals surface area contributed by atoms with E-state index in [1.807, 2.05) is 0 Å². The topological polar surface area (TPSA) is 12.0 Å². The summed E-state index contributed by atoms with van der Waals surface area (Å²) in [5, 5.41) is 3.44. The molecule has 1 fully saturated rings. The highest BCUT2D eigenvalue weighted by Gasteiger charge is 2.51. The molecule has 0 heterocycles. The third-order valence-electron chi connectivity index (χ3n) is 4.12. The van der Waals surface area contributed by atoms with Gasteiger partial charge in [-0.15, -0.1) is 0 Å². The molecule has 0 radical (unpaired) electrons. The first-order valence-corrected chi connectivity index (χ1v) is 6.94. The van der Waals surface area contributed by atoms with Gasteiger partial charge in [0.15, 0.2) is 0 Å². The van der Waals surface area contributed by atoms with Crippen LogP contribution in [-0.2, 0) is 0 Å². The van der Waals surface area contributed by atoms with Crippen LogP contribution in [0.1, 0.15) is 51.3 Å². The highest BCUT2D eigenvalue weighted by molar-refractivity contribution is 5.30. The summed E-state index contributed by atoms with van der Waals surface area (Å²) >= 11 is 0. The molecule has 1 nitrogen and oxygen atoms in total. The van der Waals surface area contributed by atoms with E-state index in [4.69, 9.17) is 0 Å². The van der Waals surface area contributed by atoms with Crippen LogP contribution in [0.3, 0.4) is 0 Å². The summed E-state index contributed by atoms with van der Waals surface area (Å²) in [6.45, 7) is 10.2. The third kappa shape index (κ3) is 2.97. The van der Waals surface area contributed by atoms with E-state index in [0.29, 0.717) is 17.0 Å². The van der Waals surface area contributed by atoms with Gasteiger partial charge < -0.3 is 5.32 Å². The molecule has 0 saturated heterocycles. The van der Waals surface area contributed by atoms with Crippen molar-refractivity contribution in [3.05, 3.63) is 34.9 Å². The van der Waals surface area contributed by atoms with E-state index in [9.17, 15) is 8.78 Å². The molecule has 0 aliphatic heterocycles. The second kappa shape index (κ2) is 4.86. The molecule has 1 aromatic carbocycles. The van der Waals surface area contributed by atoms with Crippen LogP contribution in [0.4, 0.5) is 8.78 Å². The summed E-state index contributed by atoms with van der Waals surface area (Å²) in [6.07, 6.45) is 1.08. The minimum absolute atomic E-state index is 0.0331. The van der Waals surface area contributed by atoms with Crippen molar-refractivity contribution in [3.8, 4) is 0 Å². The maximum atomic E-state index is 14.1. The monoisotopic (exact) mass is 267 g/mol. The van der Waals surface area contributed by atoms with Gasteiger partial charge in [0, 0.05) is 23.7 Å². The molecule has 0 aromatic heterocycles. The maximum absolute atomic E-state index is 14.1. The van der Waals surface area contributed by atoms with Gasteiger partial charge in [0.1, 0.15) is 11.6 Å². The highest BCUT2D eigenvalue weighted by atomic mass is 19.1. The van der Waals surface area contributed by atoms with Crippen LogP contribution in [-0.4, -0.2) is 6.04 Å². The molecule has 1 aromatic rings. The van der Waals surface area contributed by atoms with Crippen LogP contribution in [0.15, 0.2) is 12.1 Å². The number of rotatable bonds is 4. The molecular weight excluding hydrogens is 244 g/mol. The van der Waals surface area contributed by atoms with E-state index in [2.05, 4.69) is 33.0 Å². The van der Waals surface area contributed by atoms with Gasteiger partial charge in [0.25, 0.3) is 0 Å². The molecule has 2 atom stereocenters. The number of hydrogen-bond donors (Lipinski definition) is 1. The van der Waals surface area contributed by atoms with Crippen molar-refractivity contribution >= 4 is 0 Å². The van der Waals surface area contributed by atoms with E-state index in [-0.39, 0.29) is 17.5 Å². The van der Waals surface area contributed by atoms with Crippen molar-refractivity contribution in [2.24, 2.45) is 11.3 Å². The first-order valence-electron chi connectivity index (χ1n) is 6.94. The van der Waals surface area contributed by atoms with Crippen molar-refractivity contribution in [2.75, 3.05) is 0 Å². The van der Waals surface area contributed by atoms with E-state index >= 15 is 0 Å². The minimum atomic E-state index is -0.473. The Morgan fingerprint density at radius 2 is 1.79 bits per heavy atom. The average Bonchev–Trinajstić information content (AvgIpc) is 2.89. The van der Waals surface area contributed by atoms with Gasteiger partial charge >= 0.3 is 0 Å². The smallest absolute Gasteiger partial charge is 0.130 e. The number of halogens is 2. The van der Waals surface area contributed by atoms with Crippen molar-refractivity contribution in [2.45, 2.75) is 53.1 Å². The summed E-state index contributed by atoms with van der Waals surface area (Å²) in [5.41, 5.74) is 1.34. The normalized spacial score (nSPS) is 22.6. The molecule has 0 spiro atoms. The lowest BCUT2D eigenvalue weighted by atomic mass is 9.94. The lowest BCUT2D eigenvalue weighted by Crippen LogP contribution is -2.31. The van der Waals surface area contributed by atoms with E-state index in [0.717, 1.165) is 12.5 Å². The fraction of sp³-hybridized carbons (Fsp3) is 0.625. The van der Waals surface area contributed by atoms with Crippen molar-refractivity contribution in [3.63, 3.8) is 0 Å². The second-order valence-electron chi connectivity index (χ2n) is 6.72. The van der Waals surface area contributed by atoms with Crippen LogP contribution in [0, 0.1) is 29.9 Å². The molecule has 2 rings (SSSR count). The first kappa shape index (κ1) is 14.4. The molecule has 1 N–H and O–H groups in total. The predicted molar refractivity (Wildman–Crippen MR) is 74.0 cm³/mol. The standard InChI is InChI=1S/C16H23F2N/c1-9(2)19-15(12-8-16(12,4)5)11-6-10(3)13(17)7-14(11)18/h6-7,9,12,15,19H,8H2,1-5H3. The lowest BCUT2D eigenvalue weighted by Gasteiger charge is -2.24. The summed E-state index contributed by atoms with van der Waals surface area (Å²) in [6, 6.07) is 2.90. The highest BCUT2D eigenvalue weighted by Crippen LogP contribution is 2.58. The van der Waals surface area contributed by atoms with Crippen molar-refractivity contribution in [1.82, 2.24) is 5.32 Å². The molecule has 0 amide bonds. The molecule has 19 heavy (non-hydrogen) atoms.